The molecular weight excluding hydrogens is 409 g/mol. The van der Waals surface area contributed by atoms with Gasteiger partial charge >= 0.3 is 6.18 Å². The topological polar surface area (TPSA) is 41.0 Å². The Labute approximate surface area is 177 Å². The first-order chi connectivity index (χ1) is 14.4. The Balaban J connectivity index is 1.24. The molecule has 1 aliphatic heterocycles. The number of anilines is 1. The van der Waals surface area contributed by atoms with Crippen LogP contribution in [0.15, 0.2) is 42.7 Å². The molecule has 4 nitrogen and oxygen atoms in total. The smallest absolute Gasteiger partial charge is 0.355 e. The van der Waals surface area contributed by atoms with Gasteiger partial charge in [-0.25, -0.2) is 9.97 Å². The number of aromatic nitrogens is 2. The van der Waals surface area contributed by atoms with Crippen molar-refractivity contribution in [2.75, 3.05) is 18.0 Å². The van der Waals surface area contributed by atoms with Crippen molar-refractivity contribution in [3.63, 3.8) is 0 Å². The van der Waals surface area contributed by atoms with Gasteiger partial charge < -0.3 is 10.2 Å². The number of nitrogens with zero attached hydrogens (tertiary/aromatic N) is 3. The van der Waals surface area contributed by atoms with Gasteiger partial charge in [-0.15, -0.1) is 11.3 Å². The van der Waals surface area contributed by atoms with E-state index in [1.165, 1.54) is 11.9 Å². The van der Waals surface area contributed by atoms with Gasteiger partial charge in [0.15, 0.2) is 0 Å². The van der Waals surface area contributed by atoms with Crippen LogP contribution in [0.4, 0.5) is 19.0 Å². The number of alkyl halides is 3. The molecule has 1 aromatic carbocycles. The summed E-state index contributed by atoms with van der Waals surface area (Å²) < 4.78 is 38.4. The van der Waals surface area contributed by atoms with Gasteiger partial charge in [0.05, 0.1) is 11.8 Å². The molecule has 0 radical (unpaired) electrons. The highest BCUT2D eigenvalue weighted by Gasteiger charge is 2.48. The Kier molecular flexibility index (Phi) is 4.94. The van der Waals surface area contributed by atoms with Crippen molar-refractivity contribution in [1.82, 2.24) is 15.3 Å². The van der Waals surface area contributed by atoms with Crippen LogP contribution in [0.2, 0.25) is 0 Å². The van der Waals surface area contributed by atoms with Crippen LogP contribution in [0.5, 0.6) is 0 Å². The van der Waals surface area contributed by atoms with Crippen molar-refractivity contribution in [3.8, 4) is 0 Å². The number of hydrogen-bond acceptors (Lipinski definition) is 5. The maximum atomic E-state index is 12.8. The predicted molar refractivity (Wildman–Crippen MR) is 113 cm³/mol. The minimum absolute atomic E-state index is 0.288. The zero-order chi connectivity index (χ0) is 20.8. The van der Waals surface area contributed by atoms with Crippen molar-refractivity contribution in [3.05, 3.63) is 53.2 Å². The van der Waals surface area contributed by atoms with E-state index in [1.807, 2.05) is 6.07 Å². The fraction of sp³-hybridized carbons (Fsp3) is 0.455. The van der Waals surface area contributed by atoms with E-state index in [0.29, 0.717) is 15.7 Å². The summed E-state index contributed by atoms with van der Waals surface area (Å²) in [7, 11) is 0. The van der Waals surface area contributed by atoms with Crippen LogP contribution in [-0.2, 0) is 13.0 Å². The van der Waals surface area contributed by atoms with Crippen LogP contribution in [0, 0.1) is 5.41 Å². The SMILES string of the molecule is FC(F)(F)Cc1cc2c(N3CCC4(CC(NCc5ccccc5)C4)C3)ncnc2s1. The Morgan fingerprint density at radius 2 is 1.97 bits per heavy atom. The van der Waals surface area contributed by atoms with Gasteiger partial charge in [0.2, 0.25) is 0 Å². The van der Waals surface area contributed by atoms with Gasteiger partial charge in [0, 0.05) is 30.6 Å². The fourth-order valence-electron chi connectivity index (χ4n) is 4.87. The summed E-state index contributed by atoms with van der Waals surface area (Å²) in [6, 6.07) is 12.6. The third-order valence-corrected chi connectivity index (χ3v) is 7.31. The summed E-state index contributed by atoms with van der Waals surface area (Å²) >= 11 is 1.11. The Bertz CT molecular complexity index is 1030. The summed E-state index contributed by atoms with van der Waals surface area (Å²) in [5, 5.41) is 4.39. The molecule has 8 heteroatoms. The summed E-state index contributed by atoms with van der Waals surface area (Å²) in [6.45, 7) is 2.68. The molecule has 30 heavy (non-hydrogen) atoms. The van der Waals surface area contributed by atoms with Gasteiger partial charge in [-0.05, 0) is 36.3 Å². The summed E-state index contributed by atoms with van der Waals surface area (Å²) in [6.07, 6.45) is -0.282. The monoisotopic (exact) mass is 432 g/mol. The molecule has 2 aliphatic rings. The van der Waals surface area contributed by atoms with Gasteiger partial charge in [-0.2, -0.15) is 13.2 Å². The highest BCUT2D eigenvalue weighted by atomic mass is 32.1. The zero-order valence-electron chi connectivity index (χ0n) is 16.5. The van der Waals surface area contributed by atoms with Crippen LogP contribution in [0.3, 0.4) is 0 Å². The quantitative estimate of drug-likeness (QED) is 0.620. The maximum absolute atomic E-state index is 12.8. The van der Waals surface area contributed by atoms with E-state index in [1.54, 1.807) is 6.07 Å². The highest BCUT2D eigenvalue weighted by molar-refractivity contribution is 7.18. The lowest BCUT2D eigenvalue weighted by molar-refractivity contribution is -0.126. The summed E-state index contributed by atoms with van der Waals surface area (Å²) in [4.78, 5) is 11.8. The second kappa shape index (κ2) is 7.50. The van der Waals surface area contributed by atoms with Crippen molar-refractivity contribution in [2.45, 2.75) is 44.4 Å². The molecular formula is C22H23F3N4S. The third kappa shape index (κ3) is 4.03. The molecule has 1 spiro atoms. The van der Waals surface area contributed by atoms with Crippen molar-refractivity contribution < 1.29 is 13.2 Å². The van der Waals surface area contributed by atoms with Crippen LogP contribution in [0.1, 0.15) is 29.7 Å². The van der Waals surface area contributed by atoms with Gasteiger partial charge in [-0.3, -0.25) is 0 Å². The van der Waals surface area contributed by atoms with Gasteiger partial charge in [0.1, 0.15) is 17.0 Å². The lowest BCUT2D eigenvalue weighted by Crippen LogP contribution is -2.50. The minimum Gasteiger partial charge on any atom is -0.355 e. The van der Waals surface area contributed by atoms with Crippen LogP contribution in [-0.4, -0.2) is 35.3 Å². The fourth-order valence-corrected chi connectivity index (χ4v) is 5.89. The molecule has 3 heterocycles. The number of halogens is 3. The molecule has 1 saturated heterocycles. The lowest BCUT2D eigenvalue weighted by Gasteiger charge is -2.45. The molecule has 1 saturated carbocycles. The molecule has 5 rings (SSSR count). The Hall–Kier alpha value is -2.19. The van der Waals surface area contributed by atoms with E-state index in [0.717, 1.165) is 61.4 Å². The minimum atomic E-state index is -4.21. The first-order valence-electron chi connectivity index (χ1n) is 10.2. The predicted octanol–water partition coefficient (Wildman–Crippen LogP) is 4.94. The molecule has 0 unspecified atom stereocenters. The summed E-state index contributed by atoms with van der Waals surface area (Å²) in [5.74, 6) is 0.780. The first kappa shape index (κ1) is 19.8. The van der Waals surface area contributed by atoms with Crippen molar-refractivity contribution in [1.29, 1.82) is 0 Å². The number of benzene rings is 1. The average molecular weight is 433 g/mol. The number of nitrogens with one attached hydrogen (secondary N) is 1. The molecule has 1 N–H and O–H groups in total. The maximum Gasteiger partial charge on any atom is 0.393 e. The molecule has 3 aromatic rings. The van der Waals surface area contributed by atoms with Crippen molar-refractivity contribution >= 4 is 27.4 Å². The standard InChI is InChI=1S/C22H23F3N4S/c23-22(24,25)11-17-8-18-19(27-14-28-20(18)30-17)29-7-6-21(13-29)9-16(10-21)26-12-15-4-2-1-3-5-15/h1-5,8,14,16,26H,6-7,9-13H2. The second-order valence-electron chi connectivity index (χ2n) is 8.56. The molecule has 0 bridgehead atoms. The van der Waals surface area contributed by atoms with E-state index in [9.17, 15) is 13.2 Å². The van der Waals surface area contributed by atoms with Gasteiger partial charge in [0.25, 0.3) is 0 Å². The van der Waals surface area contributed by atoms with E-state index in [-0.39, 0.29) is 5.41 Å². The number of fused-ring (bicyclic) bond motifs is 1. The van der Waals surface area contributed by atoms with E-state index in [2.05, 4.69) is 44.5 Å². The first-order valence-corrected chi connectivity index (χ1v) is 11.0. The molecule has 1 aliphatic carbocycles. The molecule has 0 atom stereocenters. The van der Waals surface area contributed by atoms with Crippen molar-refractivity contribution in [2.24, 2.45) is 5.41 Å². The Morgan fingerprint density at radius 1 is 1.17 bits per heavy atom. The number of rotatable bonds is 5. The normalized spacial score (nSPS) is 24.0. The van der Waals surface area contributed by atoms with Gasteiger partial charge in [-0.1, -0.05) is 30.3 Å². The Morgan fingerprint density at radius 3 is 2.73 bits per heavy atom. The largest absolute Gasteiger partial charge is 0.393 e. The molecule has 2 fully saturated rings. The van der Waals surface area contributed by atoms with Crippen LogP contribution >= 0.6 is 11.3 Å². The molecule has 158 valence electrons. The highest BCUT2D eigenvalue weighted by Crippen LogP contribution is 2.49. The molecule has 2 aromatic heterocycles. The zero-order valence-corrected chi connectivity index (χ0v) is 17.3. The van der Waals surface area contributed by atoms with Crippen LogP contribution in [0.25, 0.3) is 10.2 Å². The van der Waals surface area contributed by atoms with E-state index < -0.39 is 12.6 Å². The number of hydrogen-bond donors (Lipinski definition) is 1. The third-order valence-electron chi connectivity index (χ3n) is 6.27. The summed E-state index contributed by atoms with van der Waals surface area (Å²) in [5.41, 5.74) is 1.58. The average Bonchev–Trinajstić information content (AvgIpc) is 3.28. The molecule has 0 amide bonds. The lowest BCUT2D eigenvalue weighted by atomic mass is 9.65. The second-order valence-corrected chi connectivity index (χ2v) is 9.68. The van der Waals surface area contributed by atoms with Crippen LogP contribution < -0.4 is 10.2 Å². The number of thiophene rings is 1. The van der Waals surface area contributed by atoms with E-state index >= 15 is 0 Å². The van der Waals surface area contributed by atoms with E-state index in [4.69, 9.17) is 0 Å².